The van der Waals surface area contributed by atoms with E-state index in [2.05, 4.69) is 15.2 Å². The number of nitrogens with zero attached hydrogens (tertiary/aromatic N) is 2. The number of unbranched alkanes of at least 4 members (excludes halogenated alkanes) is 2. The molecular formula is C14H19ClN4. The first-order chi connectivity index (χ1) is 9.28. The summed E-state index contributed by atoms with van der Waals surface area (Å²) in [4.78, 5) is 4.49. The molecule has 0 fully saturated rings. The zero-order chi connectivity index (χ0) is 13.5. The molecule has 2 rings (SSSR count). The number of aromatic amines is 1. The largest absolute Gasteiger partial charge is 0.330 e. The summed E-state index contributed by atoms with van der Waals surface area (Å²) in [5, 5.41) is 7.98. The van der Waals surface area contributed by atoms with Gasteiger partial charge < -0.3 is 5.73 Å². The number of nitrogens with one attached hydrogen (secondary N) is 1. The van der Waals surface area contributed by atoms with E-state index in [4.69, 9.17) is 17.3 Å². The van der Waals surface area contributed by atoms with Crippen LogP contribution in [0.15, 0.2) is 24.3 Å². The van der Waals surface area contributed by atoms with Crippen molar-refractivity contribution in [1.29, 1.82) is 0 Å². The third-order valence-corrected chi connectivity index (χ3v) is 3.22. The average molecular weight is 279 g/mol. The van der Waals surface area contributed by atoms with Crippen LogP contribution in [-0.2, 0) is 12.8 Å². The van der Waals surface area contributed by atoms with Gasteiger partial charge in [-0.2, -0.15) is 5.10 Å². The van der Waals surface area contributed by atoms with Crippen LogP contribution in [0.25, 0.3) is 0 Å². The van der Waals surface area contributed by atoms with Crippen molar-refractivity contribution >= 4 is 11.6 Å². The van der Waals surface area contributed by atoms with E-state index < -0.39 is 0 Å². The molecule has 0 radical (unpaired) electrons. The predicted molar refractivity (Wildman–Crippen MR) is 77.3 cm³/mol. The Kier molecular flexibility index (Phi) is 5.36. The molecule has 3 N–H and O–H groups in total. The molecular weight excluding hydrogens is 260 g/mol. The maximum absolute atomic E-state index is 5.86. The van der Waals surface area contributed by atoms with Crippen molar-refractivity contribution in [3.63, 3.8) is 0 Å². The molecule has 0 saturated carbocycles. The van der Waals surface area contributed by atoms with E-state index in [0.717, 1.165) is 55.3 Å². The monoisotopic (exact) mass is 278 g/mol. The minimum absolute atomic E-state index is 0.752. The normalized spacial score (nSPS) is 10.8. The van der Waals surface area contributed by atoms with Gasteiger partial charge in [0.2, 0.25) is 0 Å². The van der Waals surface area contributed by atoms with E-state index in [1.807, 2.05) is 24.3 Å². The molecule has 1 heterocycles. The van der Waals surface area contributed by atoms with Crippen LogP contribution in [0, 0.1) is 0 Å². The molecule has 0 spiro atoms. The van der Waals surface area contributed by atoms with Crippen LogP contribution in [0.4, 0.5) is 0 Å². The molecule has 102 valence electrons. The SMILES string of the molecule is NCCCCCc1n[nH]c(Cc2ccc(Cl)cc2)n1. The van der Waals surface area contributed by atoms with Crippen molar-refractivity contribution in [2.45, 2.75) is 32.1 Å². The van der Waals surface area contributed by atoms with Crippen molar-refractivity contribution < 1.29 is 0 Å². The van der Waals surface area contributed by atoms with Crippen LogP contribution in [0.5, 0.6) is 0 Å². The number of nitrogens with two attached hydrogens (primary N) is 1. The van der Waals surface area contributed by atoms with E-state index in [-0.39, 0.29) is 0 Å². The highest BCUT2D eigenvalue weighted by molar-refractivity contribution is 6.30. The average Bonchev–Trinajstić information content (AvgIpc) is 2.85. The molecule has 0 aliphatic carbocycles. The summed E-state index contributed by atoms with van der Waals surface area (Å²) in [6.07, 6.45) is 4.97. The van der Waals surface area contributed by atoms with E-state index in [1.54, 1.807) is 0 Å². The van der Waals surface area contributed by atoms with Crippen LogP contribution in [-0.4, -0.2) is 21.7 Å². The number of rotatable bonds is 7. The van der Waals surface area contributed by atoms with Crippen LogP contribution in [0.3, 0.4) is 0 Å². The Morgan fingerprint density at radius 3 is 2.63 bits per heavy atom. The fourth-order valence-corrected chi connectivity index (χ4v) is 2.05. The number of H-pyrrole nitrogens is 1. The molecule has 5 heteroatoms. The van der Waals surface area contributed by atoms with E-state index >= 15 is 0 Å². The highest BCUT2D eigenvalue weighted by Gasteiger charge is 2.04. The number of aryl methyl sites for hydroxylation is 1. The first-order valence-electron chi connectivity index (χ1n) is 6.62. The van der Waals surface area contributed by atoms with Crippen molar-refractivity contribution in [3.05, 3.63) is 46.5 Å². The smallest absolute Gasteiger partial charge is 0.150 e. The molecule has 2 aromatic rings. The van der Waals surface area contributed by atoms with Crippen molar-refractivity contribution in [3.8, 4) is 0 Å². The molecule has 0 amide bonds. The van der Waals surface area contributed by atoms with Crippen molar-refractivity contribution in [1.82, 2.24) is 15.2 Å². The molecule has 0 aliphatic rings. The minimum Gasteiger partial charge on any atom is -0.330 e. The quantitative estimate of drug-likeness (QED) is 0.765. The number of aromatic nitrogens is 3. The Morgan fingerprint density at radius 2 is 1.89 bits per heavy atom. The van der Waals surface area contributed by atoms with E-state index in [1.165, 1.54) is 5.56 Å². The van der Waals surface area contributed by atoms with Crippen LogP contribution in [0.1, 0.15) is 36.5 Å². The lowest BCUT2D eigenvalue weighted by Gasteiger charge is -1.97. The maximum atomic E-state index is 5.86. The van der Waals surface area contributed by atoms with Gasteiger partial charge in [0, 0.05) is 17.9 Å². The second kappa shape index (κ2) is 7.26. The fraction of sp³-hybridized carbons (Fsp3) is 0.429. The van der Waals surface area contributed by atoms with Gasteiger partial charge in [0.1, 0.15) is 5.82 Å². The van der Waals surface area contributed by atoms with E-state index in [9.17, 15) is 0 Å². The lowest BCUT2D eigenvalue weighted by atomic mass is 10.1. The van der Waals surface area contributed by atoms with Crippen LogP contribution in [0.2, 0.25) is 5.02 Å². The lowest BCUT2D eigenvalue weighted by Crippen LogP contribution is -1.98. The fourth-order valence-electron chi connectivity index (χ4n) is 1.93. The van der Waals surface area contributed by atoms with Gasteiger partial charge in [-0.15, -0.1) is 0 Å². The summed E-state index contributed by atoms with van der Waals surface area (Å²) in [6, 6.07) is 7.79. The molecule has 0 aliphatic heterocycles. The molecule has 19 heavy (non-hydrogen) atoms. The van der Waals surface area contributed by atoms with Gasteiger partial charge in [0.25, 0.3) is 0 Å². The van der Waals surface area contributed by atoms with Gasteiger partial charge in [-0.1, -0.05) is 30.2 Å². The zero-order valence-corrected chi connectivity index (χ0v) is 11.7. The zero-order valence-electron chi connectivity index (χ0n) is 10.9. The first-order valence-corrected chi connectivity index (χ1v) is 7.00. The molecule has 0 atom stereocenters. The highest BCUT2D eigenvalue weighted by atomic mass is 35.5. The third kappa shape index (κ3) is 4.65. The number of halogens is 1. The molecule has 0 unspecified atom stereocenters. The highest BCUT2D eigenvalue weighted by Crippen LogP contribution is 2.12. The standard InChI is InChI=1S/C14H19ClN4/c15-12-7-5-11(6-8-12)10-14-17-13(18-19-14)4-2-1-3-9-16/h5-8H,1-4,9-10,16H2,(H,17,18,19). The second-order valence-corrected chi connectivity index (χ2v) is 5.04. The summed E-state index contributed by atoms with van der Waals surface area (Å²) >= 11 is 5.86. The van der Waals surface area contributed by atoms with E-state index in [0.29, 0.717) is 0 Å². The van der Waals surface area contributed by atoms with Gasteiger partial charge in [-0.3, -0.25) is 5.10 Å². The number of benzene rings is 1. The van der Waals surface area contributed by atoms with Gasteiger partial charge in [0.05, 0.1) is 0 Å². The van der Waals surface area contributed by atoms with Crippen molar-refractivity contribution in [2.24, 2.45) is 5.73 Å². The maximum Gasteiger partial charge on any atom is 0.150 e. The summed E-state index contributed by atoms with van der Waals surface area (Å²) in [6.45, 7) is 0.760. The van der Waals surface area contributed by atoms with Gasteiger partial charge in [-0.05, 0) is 37.1 Å². The number of hydrogen-bond acceptors (Lipinski definition) is 3. The molecule has 1 aromatic heterocycles. The first kappa shape index (κ1) is 14.0. The second-order valence-electron chi connectivity index (χ2n) is 4.60. The van der Waals surface area contributed by atoms with Crippen LogP contribution < -0.4 is 5.73 Å². The lowest BCUT2D eigenvalue weighted by molar-refractivity contribution is 0.670. The van der Waals surface area contributed by atoms with Gasteiger partial charge >= 0.3 is 0 Å². The Labute approximate surface area is 118 Å². The topological polar surface area (TPSA) is 67.6 Å². The summed E-state index contributed by atoms with van der Waals surface area (Å²) < 4.78 is 0. The molecule has 0 bridgehead atoms. The van der Waals surface area contributed by atoms with Gasteiger partial charge in [-0.25, -0.2) is 4.98 Å². The van der Waals surface area contributed by atoms with Gasteiger partial charge in [0.15, 0.2) is 5.82 Å². The Bertz CT molecular complexity index is 492. The third-order valence-electron chi connectivity index (χ3n) is 2.97. The minimum atomic E-state index is 0.752. The predicted octanol–water partition coefficient (Wildman–Crippen LogP) is 2.72. The molecule has 0 saturated heterocycles. The van der Waals surface area contributed by atoms with Crippen molar-refractivity contribution in [2.75, 3.05) is 6.54 Å². The Hall–Kier alpha value is -1.39. The molecule has 1 aromatic carbocycles. The summed E-state index contributed by atoms with van der Waals surface area (Å²) in [7, 11) is 0. The number of hydrogen-bond donors (Lipinski definition) is 2. The Balaban J connectivity index is 1.85. The summed E-state index contributed by atoms with van der Waals surface area (Å²) in [5.41, 5.74) is 6.64. The summed E-state index contributed by atoms with van der Waals surface area (Å²) in [5.74, 6) is 1.79. The molecule has 4 nitrogen and oxygen atoms in total. The van der Waals surface area contributed by atoms with Crippen LogP contribution >= 0.6 is 11.6 Å². The Morgan fingerprint density at radius 1 is 1.11 bits per heavy atom.